The Hall–Kier alpha value is -1.95. The van der Waals surface area contributed by atoms with Crippen LogP contribution in [0.25, 0.3) is 11.4 Å². The maximum atomic E-state index is 6.13. The highest BCUT2D eigenvalue weighted by Gasteiger charge is 2.25. The van der Waals surface area contributed by atoms with E-state index in [1.807, 2.05) is 19.1 Å². The van der Waals surface area contributed by atoms with Crippen LogP contribution in [0.1, 0.15) is 19.0 Å². The number of aromatic nitrogens is 4. The number of anilines is 1. The standard InChI is InChI=1S/C14H20N6/c1-9-4-6-20(8-12(9)15)14-17-13(18-19-14)11-3-5-16-10(2)7-11/h3,5,7,9,12H,4,6,8,15H2,1-2H3,(H,17,18,19). The third-order valence-electron chi connectivity index (χ3n) is 3.94. The van der Waals surface area contributed by atoms with Gasteiger partial charge in [-0.1, -0.05) is 6.92 Å². The van der Waals surface area contributed by atoms with E-state index in [2.05, 4.69) is 32.0 Å². The largest absolute Gasteiger partial charge is 0.338 e. The van der Waals surface area contributed by atoms with Gasteiger partial charge in [-0.3, -0.25) is 10.1 Å². The first-order chi connectivity index (χ1) is 9.63. The van der Waals surface area contributed by atoms with E-state index in [9.17, 15) is 0 Å². The molecule has 6 heteroatoms. The molecule has 3 N–H and O–H groups in total. The highest BCUT2D eigenvalue weighted by Crippen LogP contribution is 2.22. The maximum absolute atomic E-state index is 6.13. The van der Waals surface area contributed by atoms with Crippen molar-refractivity contribution in [1.29, 1.82) is 0 Å². The minimum absolute atomic E-state index is 0.189. The average molecular weight is 272 g/mol. The molecule has 1 aliphatic heterocycles. The molecule has 0 spiro atoms. The summed E-state index contributed by atoms with van der Waals surface area (Å²) in [7, 11) is 0. The number of hydrogen-bond acceptors (Lipinski definition) is 5. The number of aryl methyl sites for hydroxylation is 1. The first-order valence-corrected chi connectivity index (χ1v) is 6.99. The highest BCUT2D eigenvalue weighted by atomic mass is 15.4. The molecular weight excluding hydrogens is 252 g/mol. The summed E-state index contributed by atoms with van der Waals surface area (Å²) in [6, 6.07) is 4.11. The van der Waals surface area contributed by atoms with Crippen LogP contribution in [0.15, 0.2) is 18.3 Å². The van der Waals surface area contributed by atoms with Gasteiger partial charge in [-0.15, -0.1) is 5.10 Å². The summed E-state index contributed by atoms with van der Waals surface area (Å²) in [6.07, 6.45) is 2.87. The van der Waals surface area contributed by atoms with Crippen LogP contribution in [0.2, 0.25) is 0 Å². The van der Waals surface area contributed by atoms with Crippen molar-refractivity contribution in [3.63, 3.8) is 0 Å². The number of rotatable bonds is 2. The molecule has 2 unspecified atom stereocenters. The van der Waals surface area contributed by atoms with E-state index >= 15 is 0 Å². The van der Waals surface area contributed by atoms with E-state index in [4.69, 9.17) is 5.73 Å². The van der Waals surface area contributed by atoms with Crippen molar-refractivity contribution in [3.05, 3.63) is 24.0 Å². The summed E-state index contributed by atoms with van der Waals surface area (Å²) in [5.74, 6) is 2.07. The number of hydrogen-bond donors (Lipinski definition) is 2. The topological polar surface area (TPSA) is 83.7 Å². The summed E-state index contributed by atoms with van der Waals surface area (Å²) in [5, 5.41) is 7.32. The zero-order valence-corrected chi connectivity index (χ0v) is 11.9. The lowest BCUT2D eigenvalue weighted by Gasteiger charge is -2.34. The van der Waals surface area contributed by atoms with Crippen molar-refractivity contribution in [3.8, 4) is 11.4 Å². The van der Waals surface area contributed by atoms with E-state index < -0.39 is 0 Å². The summed E-state index contributed by atoms with van der Waals surface area (Å²) in [4.78, 5) is 10.9. The van der Waals surface area contributed by atoms with Gasteiger partial charge < -0.3 is 10.6 Å². The van der Waals surface area contributed by atoms with Gasteiger partial charge in [0.25, 0.3) is 0 Å². The minimum atomic E-state index is 0.189. The molecule has 106 valence electrons. The van der Waals surface area contributed by atoms with Crippen molar-refractivity contribution < 1.29 is 0 Å². The third kappa shape index (κ3) is 2.51. The molecule has 3 heterocycles. The van der Waals surface area contributed by atoms with Gasteiger partial charge in [-0.25, -0.2) is 0 Å². The number of nitrogens with two attached hydrogens (primary N) is 1. The molecule has 2 atom stereocenters. The number of H-pyrrole nitrogens is 1. The second-order valence-electron chi connectivity index (χ2n) is 5.55. The normalized spacial score (nSPS) is 23.1. The van der Waals surface area contributed by atoms with Crippen molar-refractivity contribution in [1.82, 2.24) is 20.2 Å². The average Bonchev–Trinajstić information content (AvgIpc) is 2.92. The quantitative estimate of drug-likeness (QED) is 0.862. The summed E-state index contributed by atoms with van der Waals surface area (Å²) >= 11 is 0. The van der Waals surface area contributed by atoms with Gasteiger partial charge in [0.05, 0.1) is 0 Å². The predicted molar refractivity (Wildman–Crippen MR) is 78.3 cm³/mol. The third-order valence-corrected chi connectivity index (χ3v) is 3.94. The molecule has 1 aliphatic rings. The van der Waals surface area contributed by atoms with E-state index in [1.165, 1.54) is 0 Å². The number of nitrogens with zero attached hydrogens (tertiary/aromatic N) is 4. The smallest absolute Gasteiger partial charge is 0.245 e. The van der Waals surface area contributed by atoms with Crippen molar-refractivity contribution >= 4 is 5.95 Å². The second kappa shape index (κ2) is 5.20. The lowest BCUT2D eigenvalue weighted by molar-refractivity contribution is 0.376. The molecule has 0 saturated carbocycles. The van der Waals surface area contributed by atoms with Crippen LogP contribution >= 0.6 is 0 Å². The van der Waals surface area contributed by atoms with E-state index in [0.717, 1.165) is 42.5 Å². The highest BCUT2D eigenvalue weighted by molar-refractivity contribution is 5.56. The van der Waals surface area contributed by atoms with Crippen LogP contribution in [-0.4, -0.2) is 39.3 Å². The summed E-state index contributed by atoms with van der Waals surface area (Å²) in [6.45, 7) is 5.94. The van der Waals surface area contributed by atoms with Crippen LogP contribution in [0.3, 0.4) is 0 Å². The summed E-state index contributed by atoms with van der Waals surface area (Å²) < 4.78 is 0. The molecular formula is C14H20N6. The Bertz CT molecular complexity index is 593. The number of piperidine rings is 1. The molecule has 6 nitrogen and oxygen atoms in total. The van der Waals surface area contributed by atoms with Crippen LogP contribution in [0.4, 0.5) is 5.95 Å². The Morgan fingerprint density at radius 1 is 1.45 bits per heavy atom. The fraction of sp³-hybridized carbons (Fsp3) is 0.500. The monoisotopic (exact) mass is 272 g/mol. The molecule has 0 aliphatic carbocycles. The first kappa shape index (κ1) is 13.1. The molecule has 0 amide bonds. The minimum Gasteiger partial charge on any atom is -0.338 e. The second-order valence-corrected chi connectivity index (χ2v) is 5.55. The zero-order valence-electron chi connectivity index (χ0n) is 11.9. The molecule has 0 bridgehead atoms. The molecule has 20 heavy (non-hydrogen) atoms. The van der Waals surface area contributed by atoms with Gasteiger partial charge in [0.15, 0.2) is 5.82 Å². The molecule has 3 rings (SSSR count). The molecule has 0 radical (unpaired) electrons. The van der Waals surface area contributed by atoms with Crippen molar-refractivity contribution in [2.75, 3.05) is 18.0 Å². The van der Waals surface area contributed by atoms with Crippen LogP contribution in [0.5, 0.6) is 0 Å². The van der Waals surface area contributed by atoms with Gasteiger partial charge >= 0.3 is 0 Å². The Morgan fingerprint density at radius 2 is 2.30 bits per heavy atom. The van der Waals surface area contributed by atoms with Gasteiger partial charge in [-0.05, 0) is 31.4 Å². The lowest BCUT2D eigenvalue weighted by atomic mass is 9.95. The lowest BCUT2D eigenvalue weighted by Crippen LogP contribution is -2.48. The van der Waals surface area contributed by atoms with Crippen molar-refractivity contribution in [2.24, 2.45) is 11.7 Å². The molecule has 2 aromatic rings. The van der Waals surface area contributed by atoms with Crippen molar-refractivity contribution in [2.45, 2.75) is 26.3 Å². The fourth-order valence-corrected chi connectivity index (χ4v) is 2.50. The molecule has 2 aromatic heterocycles. The SMILES string of the molecule is Cc1cc(-c2nc(N3CCC(C)C(N)C3)n[nH]2)ccn1. The predicted octanol–water partition coefficient (Wildman–Crippen LogP) is 1.35. The first-order valence-electron chi connectivity index (χ1n) is 6.99. The van der Waals surface area contributed by atoms with Gasteiger partial charge in [0, 0.05) is 36.6 Å². The molecule has 0 aromatic carbocycles. The van der Waals surface area contributed by atoms with Gasteiger partial charge in [0.1, 0.15) is 0 Å². The van der Waals surface area contributed by atoms with Gasteiger partial charge in [0.2, 0.25) is 5.95 Å². The van der Waals surface area contributed by atoms with Crippen LogP contribution < -0.4 is 10.6 Å². The summed E-state index contributed by atoms with van der Waals surface area (Å²) in [5.41, 5.74) is 8.10. The number of aromatic amines is 1. The Balaban J connectivity index is 1.80. The van der Waals surface area contributed by atoms with Crippen LogP contribution in [0, 0.1) is 12.8 Å². The van der Waals surface area contributed by atoms with E-state index in [1.54, 1.807) is 6.20 Å². The fourth-order valence-electron chi connectivity index (χ4n) is 2.50. The number of pyridine rings is 1. The van der Waals surface area contributed by atoms with Gasteiger partial charge in [-0.2, -0.15) is 4.98 Å². The molecule has 1 fully saturated rings. The maximum Gasteiger partial charge on any atom is 0.245 e. The Kier molecular flexibility index (Phi) is 3.40. The van der Waals surface area contributed by atoms with Crippen LogP contribution in [-0.2, 0) is 0 Å². The van der Waals surface area contributed by atoms with E-state index in [0.29, 0.717) is 5.92 Å². The number of nitrogens with one attached hydrogen (secondary N) is 1. The Morgan fingerprint density at radius 3 is 3.05 bits per heavy atom. The van der Waals surface area contributed by atoms with E-state index in [-0.39, 0.29) is 6.04 Å². The molecule has 1 saturated heterocycles. The zero-order chi connectivity index (χ0) is 14.1. The Labute approximate surface area is 118 Å².